The minimum atomic E-state index is -4.44. The van der Waals surface area contributed by atoms with Crippen molar-refractivity contribution in [1.82, 2.24) is 0 Å². The first-order valence-electron chi connectivity index (χ1n) is 6.59. The number of amides is 1. The number of para-hydroxylation sites is 2. The molecule has 0 bridgehead atoms. The van der Waals surface area contributed by atoms with Crippen LogP contribution >= 0.6 is 0 Å². The van der Waals surface area contributed by atoms with Crippen LogP contribution in [0.15, 0.2) is 24.3 Å². The Bertz CT molecular complexity index is 478. The average molecular weight is 304 g/mol. The smallest absolute Gasteiger partial charge is 0.422 e. The first-order valence-corrected chi connectivity index (χ1v) is 6.59. The van der Waals surface area contributed by atoms with Gasteiger partial charge in [-0.1, -0.05) is 32.4 Å². The highest BCUT2D eigenvalue weighted by Gasteiger charge is 2.29. The third-order valence-electron chi connectivity index (χ3n) is 3.10. The van der Waals surface area contributed by atoms with Gasteiger partial charge in [-0.2, -0.15) is 13.2 Å². The Morgan fingerprint density at radius 3 is 2.57 bits per heavy atom. The maximum atomic E-state index is 12.2. The molecule has 0 spiro atoms. The summed E-state index contributed by atoms with van der Waals surface area (Å²) in [6.45, 7) is 2.31. The van der Waals surface area contributed by atoms with Crippen molar-refractivity contribution in [3.05, 3.63) is 24.3 Å². The largest absolute Gasteiger partial charge is 0.482 e. The predicted molar refractivity (Wildman–Crippen MR) is 74.1 cm³/mol. The number of nitrogens with one attached hydrogen (secondary N) is 1. The lowest BCUT2D eigenvalue weighted by atomic mass is 9.99. The Labute approximate surface area is 121 Å². The number of carbonyl (C=O) groups is 1. The van der Waals surface area contributed by atoms with E-state index in [2.05, 4.69) is 10.1 Å². The highest BCUT2D eigenvalue weighted by molar-refractivity contribution is 5.96. The molecule has 1 aromatic rings. The lowest BCUT2D eigenvalue weighted by Gasteiger charge is -2.19. The molecule has 1 aromatic carbocycles. The van der Waals surface area contributed by atoms with Gasteiger partial charge in [0.05, 0.1) is 11.7 Å². The third kappa shape index (κ3) is 5.63. The number of benzene rings is 1. The molecule has 0 radical (unpaired) electrons. The summed E-state index contributed by atoms with van der Waals surface area (Å²) in [4.78, 5) is 12.0. The highest BCUT2D eigenvalue weighted by atomic mass is 19.4. The lowest BCUT2D eigenvalue weighted by molar-refractivity contribution is -0.153. The summed E-state index contributed by atoms with van der Waals surface area (Å²) in [7, 11) is 0. The monoisotopic (exact) mass is 304 g/mol. The number of alkyl halides is 3. The standard InChI is InChI=1S/C14H19F3N2O2/c1-3-9(2)12(18)13(20)19-10-6-4-5-7-11(10)21-8-14(15,16)17/h4-7,9,12H,3,8,18H2,1-2H3,(H,19,20). The van der Waals surface area contributed by atoms with Gasteiger partial charge in [-0.15, -0.1) is 0 Å². The number of ether oxygens (including phenoxy) is 1. The van der Waals surface area contributed by atoms with Crippen LogP contribution in [0.5, 0.6) is 5.75 Å². The van der Waals surface area contributed by atoms with Crippen LogP contribution in [0, 0.1) is 5.92 Å². The summed E-state index contributed by atoms with van der Waals surface area (Å²) in [5.41, 5.74) is 5.95. The van der Waals surface area contributed by atoms with Gasteiger partial charge in [-0.25, -0.2) is 0 Å². The number of carbonyl (C=O) groups excluding carboxylic acids is 1. The van der Waals surface area contributed by atoms with Crippen LogP contribution in [-0.2, 0) is 4.79 Å². The van der Waals surface area contributed by atoms with Crippen LogP contribution in [0.4, 0.5) is 18.9 Å². The maximum Gasteiger partial charge on any atom is 0.422 e. The van der Waals surface area contributed by atoms with Gasteiger partial charge < -0.3 is 15.8 Å². The second-order valence-corrected chi connectivity index (χ2v) is 4.80. The summed E-state index contributed by atoms with van der Waals surface area (Å²) in [6.07, 6.45) is -3.72. The maximum absolute atomic E-state index is 12.2. The minimum Gasteiger partial charge on any atom is -0.482 e. The van der Waals surface area contributed by atoms with E-state index in [-0.39, 0.29) is 17.4 Å². The molecule has 0 saturated heterocycles. The van der Waals surface area contributed by atoms with E-state index in [0.29, 0.717) is 0 Å². The molecule has 4 nitrogen and oxygen atoms in total. The van der Waals surface area contributed by atoms with Crippen molar-refractivity contribution in [1.29, 1.82) is 0 Å². The van der Waals surface area contributed by atoms with Gasteiger partial charge in [0.1, 0.15) is 5.75 Å². The molecule has 1 rings (SSSR count). The van der Waals surface area contributed by atoms with E-state index in [1.807, 2.05) is 13.8 Å². The van der Waals surface area contributed by atoms with Crippen molar-refractivity contribution >= 4 is 11.6 Å². The molecule has 0 heterocycles. The molecule has 0 aliphatic rings. The van der Waals surface area contributed by atoms with Gasteiger partial charge in [0.25, 0.3) is 0 Å². The molecule has 118 valence electrons. The van der Waals surface area contributed by atoms with Gasteiger partial charge in [0.15, 0.2) is 6.61 Å². The molecule has 7 heteroatoms. The van der Waals surface area contributed by atoms with Gasteiger partial charge in [-0.3, -0.25) is 4.79 Å². The van der Waals surface area contributed by atoms with Gasteiger partial charge in [0, 0.05) is 0 Å². The van der Waals surface area contributed by atoms with Crippen molar-refractivity contribution in [2.75, 3.05) is 11.9 Å². The number of hydrogen-bond acceptors (Lipinski definition) is 3. The predicted octanol–water partition coefficient (Wildman–Crippen LogP) is 2.94. The fourth-order valence-electron chi connectivity index (χ4n) is 1.58. The van der Waals surface area contributed by atoms with Crippen LogP contribution < -0.4 is 15.8 Å². The molecule has 3 N–H and O–H groups in total. The van der Waals surface area contributed by atoms with E-state index in [9.17, 15) is 18.0 Å². The average Bonchev–Trinajstić information content (AvgIpc) is 2.43. The zero-order valence-corrected chi connectivity index (χ0v) is 11.9. The molecule has 0 aromatic heterocycles. The Morgan fingerprint density at radius 2 is 2.00 bits per heavy atom. The van der Waals surface area contributed by atoms with E-state index in [1.165, 1.54) is 18.2 Å². The van der Waals surface area contributed by atoms with E-state index in [4.69, 9.17) is 5.73 Å². The van der Waals surface area contributed by atoms with Gasteiger partial charge in [-0.05, 0) is 18.1 Å². The summed E-state index contributed by atoms with van der Waals surface area (Å²) < 4.78 is 41.2. The van der Waals surface area contributed by atoms with Crippen LogP contribution in [0.1, 0.15) is 20.3 Å². The van der Waals surface area contributed by atoms with Gasteiger partial charge in [0.2, 0.25) is 5.91 Å². The second-order valence-electron chi connectivity index (χ2n) is 4.80. The van der Waals surface area contributed by atoms with Crippen LogP contribution in [0.2, 0.25) is 0 Å². The van der Waals surface area contributed by atoms with Gasteiger partial charge >= 0.3 is 6.18 Å². The van der Waals surface area contributed by atoms with E-state index in [1.54, 1.807) is 6.07 Å². The Morgan fingerprint density at radius 1 is 1.38 bits per heavy atom. The Balaban J connectivity index is 2.77. The summed E-state index contributed by atoms with van der Waals surface area (Å²) in [5.74, 6) is -0.528. The Kier molecular flexibility index (Phi) is 6.02. The molecule has 1 amide bonds. The summed E-state index contributed by atoms with van der Waals surface area (Å²) in [5, 5.41) is 2.51. The van der Waals surface area contributed by atoms with Crippen molar-refractivity contribution in [2.45, 2.75) is 32.5 Å². The molecular formula is C14H19F3N2O2. The fraction of sp³-hybridized carbons (Fsp3) is 0.500. The van der Waals surface area contributed by atoms with Crippen molar-refractivity contribution in [3.63, 3.8) is 0 Å². The number of halogens is 3. The van der Waals surface area contributed by atoms with E-state index in [0.717, 1.165) is 6.42 Å². The molecule has 0 aliphatic heterocycles. The highest BCUT2D eigenvalue weighted by Crippen LogP contribution is 2.26. The third-order valence-corrected chi connectivity index (χ3v) is 3.10. The quantitative estimate of drug-likeness (QED) is 0.849. The second kappa shape index (κ2) is 7.31. The number of nitrogens with two attached hydrogens (primary N) is 1. The molecular weight excluding hydrogens is 285 g/mol. The number of hydrogen-bond donors (Lipinski definition) is 2. The van der Waals surface area contributed by atoms with Crippen molar-refractivity contribution in [3.8, 4) is 5.75 Å². The van der Waals surface area contributed by atoms with Crippen molar-refractivity contribution < 1.29 is 22.7 Å². The normalized spacial score (nSPS) is 14.4. The molecule has 2 atom stereocenters. The molecule has 21 heavy (non-hydrogen) atoms. The van der Waals surface area contributed by atoms with Crippen molar-refractivity contribution in [2.24, 2.45) is 11.7 Å². The van der Waals surface area contributed by atoms with Crippen LogP contribution in [0.25, 0.3) is 0 Å². The number of anilines is 1. The SMILES string of the molecule is CCC(C)C(N)C(=O)Nc1ccccc1OCC(F)(F)F. The topological polar surface area (TPSA) is 64.4 Å². The first kappa shape index (κ1) is 17.3. The summed E-state index contributed by atoms with van der Waals surface area (Å²) in [6, 6.07) is 5.20. The van der Waals surface area contributed by atoms with E-state index < -0.39 is 24.7 Å². The molecule has 0 saturated carbocycles. The summed E-state index contributed by atoms with van der Waals surface area (Å²) >= 11 is 0. The number of rotatable bonds is 6. The molecule has 2 unspecified atom stereocenters. The minimum absolute atomic E-state index is 0.0340. The van der Waals surface area contributed by atoms with E-state index >= 15 is 0 Å². The zero-order chi connectivity index (χ0) is 16.0. The zero-order valence-electron chi connectivity index (χ0n) is 11.9. The van der Waals surface area contributed by atoms with Crippen LogP contribution in [-0.4, -0.2) is 24.7 Å². The Hall–Kier alpha value is -1.76. The first-order chi connectivity index (χ1) is 9.74. The van der Waals surface area contributed by atoms with Crippen LogP contribution in [0.3, 0.4) is 0 Å². The molecule has 0 fully saturated rings. The fourth-order valence-corrected chi connectivity index (χ4v) is 1.58. The molecule has 0 aliphatic carbocycles. The lowest BCUT2D eigenvalue weighted by Crippen LogP contribution is -2.40.